The highest BCUT2D eigenvalue weighted by Gasteiger charge is 2.02. The summed E-state index contributed by atoms with van der Waals surface area (Å²) < 4.78 is 0. The van der Waals surface area contributed by atoms with Gasteiger partial charge in [-0.25, -0.2) is 4.98 Å². The molecule has 0 saturated carbocycles. The van der Waals surface area contributed by atoms with Crippen molar-refractivity contribution < 1.29 is 4.79 Å². The van der Waals surface area contributed by atoms with E-state index in [-0.39, 0.29) is 5.91 Å². The lowest BCUT2D eigenvalue weighted by atomic mass is 10.2. The Morgan fingerprint density at radius 2 is 2.31 bits per heavy atom. The molecule has 1 amide bonds. The third kappa shape index (κ3) is 5.23. The standard InChI is InChI=1S/C11H19N3OS/c1-8(2)4-14-11(15)7-12-5-10-6-13-9(3)16-10/h6,8,12H,4-5,7H2,1-3H3,(H,14,15). The van der Waals surface area contributed by atoms with Gasteiger partial charge in [-0.05, 0) is 12.8 Å². The predicted octanol–water partition coefficient (Wildman–Crippen LogP) is 1.31. The fourth-order valence-corrected chi connectivity index (χ4v) is 1.93. The van der Waals surface area contributed by atoms with E-state index in [0.29, 0.717) is 19.0 Å². The van der Waals surface area contributed by atoms with Gasteiger partial charge in [0.1, 0.15) is 0 Å². The van der Waals surface area contributed by atoms with Crippen molar-refractivity contribution in [2.75, 3.05) is 13.1 Å². The number of amides is 1. The molecule has 4 nitrogen and oxygen atoms in total. The Morgan fingerprint density at radius 3 is 2.88 bits per heavy atom. The highest BCUT2D eigenvalue weighted by Crippen LogP contribution is 2.10. The van der Waals surface area contributed by atoms with E-state index >= 15 is 0 Å². The minimum atomic E-state index is 0.0509. The first-order chi connectivity index (χ1) is 7.58. The van der Waals surface area contributed by atoms with Crippen molar-refractivity contribution in [3.63, 3.8) is 0 Å². The molecule has 0 aliphatic rings. The van der Waals surface area contributed by atoms with Crippen LogP contribution < -0.4 is 10.6 Å². The highest BCUT2D eigenvalue weighted by molar-refractivity contribution is 7.11. The first-order valence-electron chi connectivity index (χ1n) is 5.46. The van der Waals surface area contributed by atoms with Crippen LogP contribution in [0.5, 0.6) is 0 Å². The maximum absolute atomic E-state index is 11.4. The van der Waals surface area contributed by atoms with Crippen LogP contribution in [0.15, 0.2) is 6.20 Å². The number of thiazole rings is 1. The molecule has 2 N–H and O–H groups in total. The zero-order valence-corrected chi connectivity index (χ0v) is 10.9. The second-order valence-corrected chi connectivity index (χ2v) is 5.47. The summed E-state index contributed by atoms with van der Waals surface area (Å²) in [5.74, 6) is 0.544. The van der Waals surface area contributed by atoms with Gasteiger partial charge in [-0.3, -0.25) is 4.79 Å². The number of nitrogens with zero attached hydrogens (tertiary/aromatic N) is 1. The van der Waals surface area contributed by atoms with E-state index in [1.165, 1.54) is 0 Å². The van der Waals surface area contributed by atoms with E-state index in [0.717, 1.165) is 16.4 Å². The van der Waals surface area contributed by atoms with E-state index in [4.69, 9.17) is 0 Å². The van der Waals surface area contributed by atoms with E-state index in [1.54, 1.807) is 11.3 Å². The van der Waals surface area contributed by atoms with Crippen molar-refractivity contribution in [2.45, 2.75) is 27.3 Å². The molecule has 0 unspecified atom stereocenters. The predicted molar refractivity (Wildman–Crippen MR) is 66.4 cm³/mol. The van der Waals surface area contributed by atoms with Gasteiger partial charge in [-0.15, -0.1) is 11.3 Å². The molecule has 5 heteroatoms. The normalized spacial score (nSPS) is 10.8. The number of hydrogen-bond donors (Lipinski definition) is 2. The number of carbonyl (C=O) groups is 1. The van der Waals surface area contributed by atoms with Gasteiger partial charge in [0, 0.05) is 24.2 Å². The molecular formula is C11H19N3OS. The molecule has 1 heterocycles. The fourth-order valence-electron chi connectivity index (χ4n) is 1.17. The van der Waals surface area contributed by atoms with Crippen LogP contribution in [-0.2, 0) is 11.3 Å². The van der Waals surface area contributed by atoms with Crippen LogP contribution in [0.3, 0.4) is 0 Å². The lowest BCUT2D eigenvalue weighted by Crippen LogP contribution is -2.35. The van der Waals surface area contributed by atoms with Crippen molar-refractivity contribution in [2.24, 2.45) is 5.92 Å². The minimum absolute atomic E-state index is 0.0509. The Bertz CT molecular complexity index is 336. The monoisotopic (exact) mass is 241 g/mol. The number of rotatable bonds is 6. The van der Waals surface area contributed by atoms with Crippen molar-refractivity contribution >= 4 is 17.2 Å². The summed E-state index contributed by atoms with van der Waals surface area (Å²) in [5, 5.41) is 7.01. The molecular weight excluding hydrogens is 222 g/mol. The summed E-state index contributed by atoms with van der Waals surface area (Å²) in [6.45, 7) is 7.94. The van der Waals surface area contributed by atoms with E-state index < -0.39 is 0 Å². The topological polar surface area (TPSA) is 54.0 Å². The van der Waals surface area contributed by atoms with Crippen LogP contribution >= 0.6 is 11.3 Å². The van der Waals surface area contributed by atoms with Crippen LogP contribution in [0.25, 0.3) is 0 Å². The Labute approximate surface area is 100 Å². The van der Waals surface area contributed by atoms with Crippen LogP contribution in [-0.4, -0.2) is 24.0 Å². The van der Waals surface area contributed by atoms with Crippen LogP contribution in [0.4, 0.5) is 0 Å². The van der Waals surface area contributed by atoms with Gasteiger partial charge >= 0.3 is 0 Å². The molecule has 0 spiro atoms. The van der Waals surface area contributed by atoms with E-state index in [9.17, 15) is 4.79 Å². The zero-order chi connectivity index (χ0) is 12.0. The molecule has 0 saturated heterocycles. The maximum Gasteiger partial charge on any atom is 0.233 e. The number of aryl methyl sites for hydroxylation is 1. The van der Waals surface area contributed by atoms with Gasteiger partial charge < -0.3 is 10.6 Å². The number of nitrogens with one attached hydrogen (secondary N) is 2. The zero-order valence-electron chi connectivity index (χ0n) is 10.0. The average Bonchev–Trinajstić information content (AvgIpc) is 2.61. The molecule has 0 fully saturated rings. The molecule has 1 rings (SSSR count). The number of carbonyl (C=O) groups excluding carboxylic acids is 1. The summed E-state index contributed by atoms with van der Waals surface area (Å²) in [7, 11) is 0. The van der Waals surface area contributed by atoms with Crippen LogP contribution in [0.1, 0.15) is 23.7 Å². The summed E-state index contributed by atoms with van der Waals surface area (Å²) in [4.78, 5) is 16.7. The number of aromatic nitrogens is 1. The molecule has 90 valence electrons. The Kier molecular flexibility index (Phi) is 5.42. The first-order valence-corrected chi connectivity index (χ1v) is 6.28. The quantitative estimate of drug-likeness (QED) is 0.789. The minimum Gasteiger partial charge on any atom is -0.355 e. The molecule has 0 bridgehead atoms. The lowest BCUT2D eigenvalue weighted by molar-refractivity contribution is -0.120. The Morgan fingerprint density at radius 1 is 1.56 bits per heavy atom. The molecule has 0 aliphatic heterocycles. The average molecular weight is 241 g/mol. The maximum atomic E-state index is 11.4. The third-order valence-corrected chi connectivity index (χ3v) is 2.87. The van der Waals surface area contributed by atoms with Crippen molar-refractivity contribution in [3.8, 4) is 0 Å². The van der Waals surface area contributed by atoms with Gasteiger partial charge in [0.2, 0.25) is 5.91 Å². The second-order valence-electron chi connectivity index (χ2n) is 4.15. The summed E-state index contributed by atoms with van der Waals surface area (Å²) in [5.41, 5.74) is 0. The molecule has 0 radical (unpaired) electrons. The second kappa shape index (κ2) is 6.60. The smallest absolute Gasteiger partial charge is 0.233 e. The fraction of sp³-hybridized carbons (Fsp3) is 0.636. The van der Waals surface area contributed by atoms with Crippen LogP contribution in [0, 0.1) is 12.8 Å². The summed E-state index contributed by atoms with van der Waals surface area (Å²) in [6, 6.07) is 0. The SMILES string of the molecule is Cc1ncc(CNCC(=O)NCC(C)C)s1. The summed E-state index contributed by atoms with van der Waals surface area (Å²) >= 11 is 1.65. The summed E-state index contributed by atoms with van der Waals surface area (Å²) in [6.07, 6.45) is 1.85. The van der Waals surface area contributed by atoms with Crippen molar-refractivity contribution in [3.05, 3.63) is 16.1 Å². The molecule has 0 atom stereocenters. The van der Waals surface area contributed by atoms with Gasteiger partial charge in [-0.2, -0.15) is 0 Å². The van der Waals surface area contributed by atoms with Crippen molar-refractivity contribution in [1.82, 2.24) is 15.6 Å². The highest BCUT2D eigenvalue weighted by atomic mass is 32.1. The van der Waals surface area contributed by atoms with Crippen molar-refractivity contribution in [1.29, 1.82) is 0 Å². The largest absolute Gasteiger partial charge is 0.355 e. The Balaban J connectivity index is 2.13. The molecule has 1 aromatic rings. The first kappa shape index (κ1) is 13.1. The van der Waals surface area contributed by atoms with Crippen LogP contribution in [0.2, 0.25) is 0 Å². The molecule has 0 aromatic carbocycles. The third-order valence-electron chi connectivity index (χ3n) is 1.96. The van der Waals surface area contributed by atoms with Gasteiger partial charge in [-0.1, -0.05) is 13.8 Å². The molecule has 1 aromatic heterocycles. The van der Waals surface area contributed by atoms with E-state index in [1.807, 2.05) is 13.1 Å². The van der Waals surface area contributed by atoms with E-state index in [2.05, 4.69) is 29.5 Å². The molecule has 16 heavy (non-hydrogen) atoms. The van der Waals surface area contributed by atoms with Gasteiger partial charge in [0.05, 0.1) is 11.6 Å². The van der Waals surface area contributed by atoms with Gasteiger partial charge in [0.25, 0.3) is 0 Å². The molecule has 0 aliphatic carbocycles. The number of hydrogen-bond acceptors (Lipinski definition) is 4. The van der Waals surface area contributed by atoms with Gasteiger partial charge in [0.15, 0.2) is 0 Å². The Hall–Kier alpha value is -0.940. The lowest BCUT2D eigenvalue weighted by Gasteiger charge is -2.07.